The molecule has 1 saturated heterocycles. The van der Waals surface area contributed by atoms with Gasteiger partial charge in [0.15, 0.2) is 11.5 Å². The number of aromatic nitrogens is 4. The van der Waals surface area contributed by atoms with E-state index in [-0.39, 0.29) is 17.4 Å². The largest absolute Gasteiger partial charge is 0.368 e. The molecule has 1 aliphatic rings. The fourth-order valence-electron chi connectivity index (χ4n) is 3.27. The monoisotopic (exact) mass is 410 g/mol. The van der Waals surface area contributed by atoms with Crippen LogP contribution in [0.2, 0.25) is 0 Å². The van der Waals surface area contributed by atoms with Gasteiger partial charge in [-0.3, -0.25) is 4.79 Å². The lowest BCUT2D eigenvalue weighted by atomic mass is 10.2. The highest BCUT2D eigenvalue weighted by molar-refractivity contribution is 5.93. The van der Waals surface area contributed by atoms with Gasteiger partial charge >= 0.3 is 0 Å². The quantitative estimate of drug-likeness (QED) is 0.501. The van der Waals surface area contributed by atoms with E-state index in [4.69, 9.17) is 5.73 Å². The van der Waals surface area contributed by atoms with Crippen molar-refractivity contribution in [3.63, 3.8) is 0 Å². The molecule has 30 heavy (non-hydrogen) atoms. The highest BCUT2D eigenvalue weighted by Crippen LogP contribution is 2.24. The number of fused-ring (bicyclic) bond motifs is 3. The number of hydrogen-bond acceptors (Lipinski definition) is 5. The topological polar surface area (TPSA) is 98.2 Å². The summed E-state index contributed by atoms with van der Waals surface area (Å²) in [5.74, 6) is -0.338. The van der Waals surface area contributed by atoms with Gasteiger partial charge in [0.05, 0.1) is 0 Å². The number of nitrogens with zero attached hydrogens (tertiary/aromatic N) is 4. The number of benzene rings is 2. The first-order valence-corrected chi connectivity index (χ1v) is 9.66. The van der Waals surface area contributed by atoms with Crippen molar-refractivity contribution in [2.75, 3.05) is 12.3 Å². The van der Waals surface area contributed by atoms with Crippen molar-refractivity contribution in [3.05, 3.63) is 54.1 Å². The predicted molar refractivity (Wildman–Crippen MR) is 110 cm³/mol. The number of halogens is 2. The number of nitrogens with two attached hydrogens (primary N) is 1. The smallest absolute Gasteiger partial charge is 0.223 e. The summed E-state index contributed by atoms with van der Waals surface area (Å²) in [6.45, 7) is 0.888. The van der Waals surface area contributed by atoms with Gasteiger partial charge in [0, 0.05) is 23.9 Å². The highest BCUT2D eigenvalue weighted by atomic mass is 19.1. The molecule has 0 saturated carbocycles. The zero-order valence-electron chi connectivity index (χ0n) is 16.1. The van der Waals surface area contributed by atoms with Crippen LogP contribution in [0.15, 0.2) is 42.5 Å². The molecule has 0 unspecified atom stereocenters. The Labute approximate surface area is 170 Å². The van der Waals surface area contributed by atoms with Crippen LogP contribution in [0, 0.1) is 11.6 Å². The summed E-state index contributed by atoms with van der Waals surface area (Å²) in [6.07, 6.45) is 4.18. The van der Waals surface area contributed by atoms with Gasteiger partial charge in [-0.05, 0) is 37.1 Å². The highest BCUT2D eigenvalue weighted by Gasteiger charge is 2.15. The Hall–Kier alpha value is -3.62. The minimum atomic E-state index is -0.484. The lowest BCUT2D eigenvalue weighted by Crippen LogP contribution is -2.21. The van der Waals surface area contributed by atoms with E-state index in [1.54, 1.807) is 24.3 Å². The number of para-hydroxylation sites is 1. The van der Waals surface area contributed by atoms with Crippen molar-refractivity contribution in [3.8, 4) is 11.4 Å². The molecule has 3 heterocycles. The second-order valence-corrected chi connectivity index (χ2v) is 6.95. The third-order valence-corrected chi connectivity index (χ3v) is 4.76. The molecule has 1 amide bonds. The number of rotatable bonds is 1. The van der Waals surface area contributed by atoms with Gasteiger partial charge in [-0.2, -0.15) is 4.52 Å². The SMILES string of the molecule is Nc1nc2c(F)cccc2c2nc(-c3cccc(F)c3)nn12.O=C1CCCCCN1. The standard InChI is InChI=1S/C15H9F2N5.C6H11NO/c16-9-4-1-3-8(7-9)13-20-14-10-5-2-6-11(17)12(10)19-15(18)22(14)21-13;8-6-4-2-1-3-5-7-6/h1-7H,(H2,18,19);1-5H2,(H,7,8). The molecule has 1 fully saturated rings. The zero-order chi connectivity index (χ0) is 21.1. The van der Waals surface area contributed by atoms with Crippen LogP contribution in [0.3, 0.4) is 0 Å². The van der Waals surface area contributed by atoms with Gasteiger partial charge in [-0.25, -0.2) is 18.7 Å². The molecule has 0 atom stereocenters. The summed E-state index contributed by atoms with van der Waals surface area (Å²) in [7, 11) is 0. The van der Waals surface area contributed by atoms with Crippen LogP contribution in [-0.4, -0.2) is 32.0 Å². The summed E-state index contributed by atoms with van der Waals surface area (Å²) in [5.41, 5.74) is 6.83. The number of carbonyl (C=O) groups excluding carboxylic acids is 1. The van der Waals surface area contributed by atoms with E-state index in [2.05, 4.69) is 20.4 Å². The molecule has 154 valence electrons. The number of carbonyl (C=O) groups is 1. The molecule has 0 aliphatic carbocycles. The predicted octanol–water partition coefficient (Wildman–Crippen LogP) is 3.48. The number of nitrogen functional groups attached to an aromatic ring is 1. The van der Waals surface area contributed by atoms with Gasteiger partial charge < -0.3 is 11.1 Å². The zero-order valence-corrected chi connectivity index (χ0v) is 16.1. The normalized spacial score (nSPS) is 14.1. The summed E-state index contributed by atoms with van der Waals surface area (Å²) in [5, 5.41) is 7.53. The van der Waals surface area contributed by atoms with Crippen LogP contribution in [0.25, 0.3) is 27.9 Å². The minimum Gasteiger partial charge on any atom is -0.368 e. The molecular weight excluding hydrogens is 390 g/mol. The summed E-state index contributed by atoms with van der Waals surface area (Å²) in [4.78, 5) is 18.9. The Morgan fingerprint density at radius 2 is 1.87 bits per heavy atom. The van der Waals surface area contributed by atoms with E-state index in [9.17, 15) is 13.6 Å². The minimum absolute atomic E-state index is 0.0164. The number of hydrogen-bond donors (Lipinski definition) is 2. The first-order chi connectivity index (χ1) is 14.5. The van der Waals surface area contributed by atoms with Crippen LogP contribution in [0.5, 0.6) is 0 Å². The van der Waals surface area contributed by atoms with E-state index >= 15 is 0 Å². The van der Waals surface area contributed by atoms with Crippen LogP contribution >= 0.6 is 0 Å². The van der Waals surface area contributed by atoms with Crippen molar-refractivity contribution in [1.82, 2.24) is 24.9 Å². The molecule has 2 aromatic carbocycles. The Morgan fingerprint density at radius 1 is 1.03 bits per heavy atom. The van der Waals surface area contributed by atoms with Crippen molar-refractivity contribution >= 4 is 28.4 Å². The molecule has 7 nitrogen and oxygen atoms in total. The van der Waals surface area contributed by atoms with Crippen LogP contribution in [0.1, 0.15) is 25.7 Å². The van der Waals surface area contributed by atoms with Gasteiger partial charge in [0.1, 0.15) is 17.2 Å². The molecule has 1 aliphatic heterocycles. The van der Waals surface area contributed by atoms with Gasteiger partial charge in [-0.1, -0.05) is 24.6 Å². The molecule has 0 radical (unpaired) electrons. The second-order valence-electron chi connectivity index (χ2n) is 6.95. The van der Waals surface area contributed by atoms with Gasteiger partial charge in [0.25, 0.3) is 0 Å². The molecule has 3 N–H and O–H groups in total. The van der Waals surface area contributed by atoms with Crippen LogP contribution in [-0.2, 0) is 4.79 Å². The van der Waals surface area contributed by atoms with Crippen molar-refractivity contribution in [2.45, 2.75) is 25.7 Å². The van der Waals surface area contributed by atoms with Crippen molar-refractivity contribution in [1.29, 1.82) is 0 Å². The molecule has 0 spiro atoms. The Morgan fingerprint density at radius 3 is 2.70 bits per heavy atom. The third kappa shape index (κ3) is 4.05. The fraction of sp³-hybridized carbons (Fsp3) is 0.238. The van der Waals surface area contributed by atoms with E-state index < -0.39 is 11.6 Å². The second kappa shape index (κ2) is 8.40. The summed E-state index contributed by atoms with van der Waals surface area (Å²) in [6, 6.07) is 10.5. The lowest BCUT2D eigenvalue weighted by molar-refractivity contribution is -0.120. The van der Waals surface area contributed by atoms with E-state index in [1.165, 1.54) is 29.1 Å². The Bertz CT molecular complexity index is 1210. The van der Waals surface area contributed by atoms with Gasteiger partial charge in [0.2, 0.25) is 11.9 Å². The maximum Gasteiger partial charge on any atom is 0.223 e. The average Bonchev–Trinajstić information content (AvgIpc) is 3.05. The Kier molecular flexibility index (Phi) is 5.51. The molecule has 2 aromatic heterocycles. The summed E-state index contributed by atoms with van der Waals surface area (Å²) < 4.78 is 28.5. The van der Waals surface area contributed by atoms with E-state index in [0.717, 1.165) is 25.8 Å². The van der Waals surface area contributed by atoms with Crippen LogP contribution < -0.4 is 11.1 Å². The Balaban J connectivity index is 0.000000230. The lowest BCUT2D eigenvalue weighted by Gasteiger charge is -2.02. The average molecular weight is 410 g/mol. The number of anilines is 1. The van der Waals surface area contributed by atoms with Gasteiger partial charge in [-0.15, -0.1) is 5.10 Å². The first-order valence-electron chi connectivity index (χ1n) is 9.66. The molecule has 0 bridgehead atoms. The molecule has 4 aromatic rings. The molecule has 5 rings (SSSR count). The maximum absolute atomic E-state index is 13.9. The first kappa shape index (κ1) is 19.7. The summed E-state index contributed by atoms with van der Waals surface area (Å²) >= 11 is 0. The molecular formula is C21H20F2N6O. The van der Waals surface area contributed by atoms with Crippen LogP contribution in [0.4, 0.5) is 14.7 Å². The molecule has 9 heteroatoms. The number of amides is 1. The fourth-order valence-corrected chi connectivity index (χ4v) is 3.27. The third-order valence-electron chi connectivity index (χ3n) is 4.76. The van der Waals surface area contributed by atoms with Crippen molar-refractivity contribution in [2.24, 2.45) is 0 Å². The maximum atomic E-state index is 13.9. The van der Waals surface area contributed by atoms with E-state index in [1.807, 2.05) is 0 Å². The number of nitrogens with one attached hydrogen (secondary N) is 1. The van der Waals surface area contributed by atoms with E-state index in [0.29, 0.717) is 22.4 Å². The van der Waals surface area contributed by atoms with Crippen molar-refractivity contribution < 1.29 is 13.6 Å².